The Bertz CT molecular complexity index is 666. The molecule has 26 heavy (non-hydrogen) atoms. The quantitative estimate of drug-likeness (QED) is 0.317. The second-order valence-electron chi connectivity index (χ2n) is 5.85. The minimum atomic E-state index is -4.08. The Balaban J connectivity index is 2.18. The smallest absolute Gasteiger partial charge is 0.283 e. The van der Waals surface area contributed by atoms with Crippen molar-refractivity contribution >= 4 is 43.0 Å². The molecule has 0 bridgehead atoms. The summed E-state index contributed by atoms with van der Waals surface area (Å²) in [5, 5.41) is 0. The summed E-state index contributed by atoms with van der Waals surface area (Å²) >= 11 is -5.24. The number of rotatable bonds is 13. The van der Waals surface area contributed by atoms with Gasteiger partial charge in [0.1, 0.15) is 0 Å². The van der Waals surface area contributed by atoms with Crippen LogP contribution < -0.4 is 0 Å². The summed E-state index contributed by atoms with van der Waals surface area (Å²) in [6.45, 7) is 0. The molecule has 14 heteroatoms. The van der Waals surface area contributed by atoms with Crippen LogP contribution in [0.3, 0.4) is 0 Å². The van der Waals surface area contributed by atoms with Gasteiger partial charge in [0.15, 0.2) is 0 Å². The van der Waals surface area contributed by atoms with Gasteiger partial charge in [-0.05, 0) is 25.7 Å². The van der Waals surface area contributed by atoms with E-state index in [2.05, 4.69) is 7.26 Å². The van der Waals surface area contributed by atoms with E-state index in [0.29, 0.717) is 12.8 Å². The van der Waals surface area contributed by atoms with Crippen LogP contribution in [0.15, 0.2) is 0 Å². The van der Waals surface area contributed by atoms with Crippen LogP contribution >= 0.6 is 0 Å². The van der Waals surface area contributed by atoms with Gasteiger partial charge in [-0.15, -0.1) is 7.26 Å². The SMILES string of the molecule is O=S(O)OS(=O)(=O)CCCCCCS(=O)(=O)OS(=O)OC1CCCCC1. The molecule has 0 heterocycles. The largest absolute Gasteiger partial charge is 0.320 e. The molecule has 10 nitrogen and oxygen atoms in total. The molecule has 156 valence electrons. The molecule has 2 atom stereocenters. The molecule has 0 aromatic rings. The fourth-order valence-corrected chi connectivity index (χ4v) is 6.03. The first-order valence-corrected chi connectivity index (χ1v) is 13.3. The molecule has 1 fully saturated rings. The van der Waals surface area contributed by atoms with Gasteiger partial charge in [0.2, 0.25) is 0 Å². The van der Waals surface area contributed by atoms with Crippen LogP contribution in [0.5, 0.6) is 0 Å². The van der Waals surface area contributed by atoms with Crippen molar-refractivity contribution in [2.75, 3.05) is 11.5 Å². The molecule has 0 radical (unpaired) electrons. The molecule has 1 saturated carbocycles. The Morgan fingerprint density at radius 2 is 1.31 bits per heavy atom. The van der Waals surface area contributed by atoms with Gasteiger partial charge >= 0.3 is 22.7 Å². The minimum absolute atomic E-state index is 0.150. The van der Waals surface area contributed by atoms with Crippen molar-refractivity contribution in [3.63, 3.8) is 0 Å². The summed E-state index contributed by atoms with van der Waals surface area (Å²) in [6, 6.07) is 0. The van der Waals surface area contributed by atoms with E-state index in [1.165, 1.54) is 0 Å². The van der Waals surface area contributed by atoms with Crippen LogP contribution in [0.4, 0.5) is 0 Å². The van der Waals surface area contributed by atoms with Crippen LogP contribution in [-0.4, -0.2) is 47.4 Å². The molecule has 0 aromatic carbocycles. The molecular formula is C12H24O10S4. The van der Waals surface area contributed by atoms with Gasteiger partial charge < -0.3 is 0 Å². The Morgan fingerprint density at radius 1 is 0.808 bits per heavy atom. The Kier molecular flexibility index (Phi) is 10.9. The lowest BCUT2D eigenvalue weighted by molar-refractivity contribution is 0.161. The van der Waals surface area contributed by atoms with Crippen molar-refractivity contribution in [1.82, 2.24) is 0 Å². The van der Waals surface area contributed by atoms with E-state index < -0.39 is 48.7 Å². The van der Waals surface area contributed by atoms with Crippen LogP contribution in [0.2, 0.25) is 0 Å². The summed E-state index contributed by atoms with van der Waals surface area (Å²) in [5.74, 6) is -0.807. The van der Waals surface area contributed by atoms with E-state index in [1.54, 1.807) is 0 Å². The van der Waals surface area contributed by atoms with Crippen molar-refractivity contribution in [2.24, 2.45) is 0 Å². The van der Waals surface area contributed by atoms with Crippen LogP contribution in [-0.2, 0) is 54.4 Å². The maximum atomic E-state index is 11.7. The number of hydrogen-bond acceptors (Lipinski definition) is 9. The van der Waals surface area contributed by atoms with Gasteiger partial charge in [0, 0.05) is 0 Å². The van der Waals surface area contributed by atoms with E-state index in [1.807, 2.05) is 0 Å². The second-order valence-corrected chi connectivity index (χ2v) is 11.0. The summed E-state index contributed by atoms with van der Waals surface area (Å²) < 4.78 is 89.5. The maximum absolute atomic E-state index is 11.7. The average molecular weight is 457 g/mol. The third-order valence-corrected chi connectivity index (χ3v) is 8.20. The normalized spacial score (nSPS) is 19.3. The molecule has 0 amide bonds. The minimum Gasteiger partial charge on any atom is -0.283 e. The maximum Gasteiger partial charge on any atom is 0.320 e. The highest BCUT2D eigenvalue weighted by molar-refractivity contribution is 7.95. The van der Waals surface area contributed by atoms with Gasteiger partial charge in [-0.2, -0.15) is 25.3 Å². The highest BCUT2D eigenvalue weighted by atomic mass is 32.3. The van der Waals surface area contributed by atoms with Crippen molar-refractivity contribution in [3.05, 3.63) is 0 Å². The van der Waals surface area contributed by atoms with Crippen LogP contribution in [0.25, 0.3) is 0 Å². The monoisotopic (exact) mass is 456 g/mol. The topological polar surface area (TPSA) is 150 Å². The predicted octanol–water partition coefficient (Wildman–Crippen LogP) is 1.30. The van der Waals surface area contributed by atoms with Gasteiger partial charge in [0.05, 0.1) is 17.6 Å². The van der Waals surface area contributed by atoms with Crippen molar-refractivity contribution in [1.29, 1.82) is 0 Å². The first-order chi connectivity index (χ1) is 12.1. The van der Waals surface area contributed by atoms with Crippen molar-refractivity contribution < 1.29 is 41.2 Å². The second kappa shape index (κ2) is 11.8. The lowest BCUT2D eigenvalue weighted by Crippen LogP contribution is -2.21. The molecule has 0 spiro atoms. The molecule has 0 saturated heterocycles. The standard InChI is InChI=1S/C12H24O10S4/c13-23(14)21-25(16,17)10-6-1-2-7-11-26(18,19)22-24(15)20-12-8-4-3-5-9-12/h12H,1-11H2,(H,13,14). The predicted molar refractivity (Wildman–Crippen MR) is 95.1 cm³/mol. The summed E-state index contributed by atoms with van der Waals surface area (Å²) in [6.07, 6.45) is 5.28. The molecule has 2 unspecified atom stereocenters. The summed E-state index contributed by atoms with van der Waals surface area (Å²) in [5.41, 5.74) is 0. The first-order valence-electron chi connectivity index (χ1n) is 8.15. The van der Waals surface area contributed by atoms with Gasteiger partial charge in [0.25, 0.3) is 20.2 Å². The molecule has 1 aliphatic rings. The summed E-state index contributed by atoms with van der Waals surface area (Å²) in [4.78, 5) is 0. The lowest BCUT2D eigenvalue weighted by atomic mass is 9.98. The van der Waals surface area contributed by atoms with E-state index in [9.17, 15) is 25.3 Å². The zero-order valence-corrected chi connectivity index (χ0v) is 17.4. The molecule has 1 aliphatic carbocycles. The van der Waals surface area contributed by atoms with Crippen LogP contribution in [0.1, 0.15) is 57.8 Å². The fraction of sp³-hybridized carbons (Fsp3) is 1.00. The molecule has 1 N–H and O–H groups in total. The zero-order valence-electron chi connectivity index (χ0n) is 14.1. The highest BCUT2D eigenvalue weighted by Gasteiger charge is 2.22. The highest BCUT2D eigenvalue weighted by Crippen LogP contribution is 2.21. The summed E-state index contributed by atoms with van der Waals surface area (Å²) in [7, 11) is -8.08. The molecular weight excluding hydrogens is 432 g/mol. The Labute approximate surface area is 159 Å². The van der Waals surface area contributed by atoms with E-state index >= 15 is 0 Å². The Morgan fingerprint density at radius 3 is 1.81 bits per heavy atom. The first kappa shape index (κ1) is 24.1. The molecule has 1 rings (SSSR count). The number of unbranched alkanes of at least 4 members (excludes halogenated alkanes) is 3. The van der Waals surface area contributed by atoms with Gasteiger partial charge in [-0.3, -0.25) is 8.74 Å². The zero-order chi connectivity index (χ0) is 19.6. The van der Waals surface area contributed by atoms with E-state index in [0.717, 1.165) is 32.1 Å². The lowest BCUT2D eigenvalue weighted by Gasteiger charge is -2.20. The van der Waals surface area contributed by atoms with Crippen LogP contribution in [0, 0.1) is 0 Å². The molecule has 0 aliphatic heterocycles. The molecule has 0 aromatic heterocycles. The number of hydrogen-bond donors (Lipinski definition) is 1. The third kappa shape index (κ3) is 11.7. The van der Waals surface area contributed by atoms with Crippen molar-refractivity contribution in [2.45, 2.75) is 63.9 Å². The van der Waals surface area contributed by atoms with Crippen molar-refractivity contribution in [3.8, 4) is 0 Å². The van der Waals surface area contributed by atoms with Gasteiger partial charge in [-0.1, -0.05) is 32.1 Å². The Hall–Kier alpha value is 0.0400. The average Bonchev–Trinajstić information content (AvgIpc) is 2.49. The fourth-order valence-electron chi connectivity index (χ4n) is 2.44. The van der Waals surface area contributed by atoms with E-state index in [4.69, 9.17) is 8.74 Å². The third-order valence-electron chi connectivity index (χ3n) is 3.63. The van der Waals surface area contributed by atoms with Gasteiger partial charge in [-0.25, -0.2) is 0 Å². The van der Waals surface area contributed by atoms with E-state index in [-0.39, 0.29) is 24.7 Å².